The number of nitrogens with zero attached hydrogens (tertiary/aromatic N) is 1. The lowest BCUT2D eigenvalue weighted by Crippen LogP contribution is -2.43. The molecule has 0 aliphatic heterocycles. The molecule has 6 nitrogen and oxygen atoms in total. The molecule has 146 valence electrons. The van der Waals surface area contributed by atoms with E-state index in [1.165, 1.54) is 4.88 Å². The summed E-state index contributed by atoms with van der Waals surface area (Å²) in [5, 5.41) is 11.5. The number of rotatable bonds is 9. The zero-order valence-corrected chi connectivity index (χ0v) is 16.9. The molecule has 0 radical (unpaired) electrons. The van der Waals surface area contributed by atoms with Crippen LogP contribution in [0.5, 0.6) is 5.75 Å². The predicted octanol–water partition coefficient (Wildman–Crippen LogP) is 2.53. The van der Waals surface area contributed by atoms with E-state index in [1.807, 2.05) is 0 Å². The standard InChI is InChI=1S/C20H28N4O2S/c1-15(13-18-5-4-12-27-18)14-24-20(21-2)23-11-10-22-19(25)16-6-8-17(26-3)9-7-16/h4-9,12,15H,10-11,13-14H2,1-3H3,(H,22,25)(H2,21,23,24). The molecule has 2 aromatic rings. The number of guanidine groups is 1. The Morgan fingerprint density at radius 1 is 1.15 bits per heavy atom. The van der Waals surface area contributed by atoms with E-state index in [1.54, 1.807) is 49.8 Å². The number of nitrogens with one attached hydrogen (secondary N) is 3. The zero-order valence-electron chi connectivity index (χ0n) is 16.1. The maximum atomic E-state index is 12.1. The number of amides is 1. The van der Waals surface area contributed by atoms with Crippen LogP contribution < -0.4 is 20.7 Å². The molecule has 2 rings (SSSR count). The second-order valence-electron chi connectivity index (χ2n) is 6.25. The number of hydrogen-bond acceptors (Lipinski definition) is 4. The van der Waals surface area contributed by atoms with Gasteiger partial charge in [-0.25, -0.2) is 0 Å². The van der Waals surface area contributed by atoms with Crippen LogP contribution >= 0.6 is 11.3 Å². The number of aliphatic imine (C=N–C) groups is 1. The predicted molar refractivity (Wildman–Crippen MR) is 112 cm³/mol. The van der Waals surface area contributed by atoms with Gasteiger partial charge in [0.05, 0.1) is 7.11 Å². The molecule has 0 aliphatic carbocycles. The van der Waals surface area contributed by atoms with E-state index < -0.39 is 0 Å². The van der Waals surface area contributed by atoms with Gasteiger partial charge in [0.1, 0.15) is 5.75 Å². The molecule has 0 spiro atoms. The quantitative estimate of drug-likeness (QED) is 0.351. The summed E-state index contributed by atoms with van der Waals surface area (Å²) in [7, 11) is 3.35. The summed E-state index contributed by atoms with van der Waals surface area (Å²) in [6.45, 7) is 4.17. The van der Waals surface area contributed by atoms with Gasteiger partial charge in [0.25, 0.3) is 5.91 Å². The van der Waals surface area contributed by atoms with Crippen LogP contribution in [0, 0.1) is 5.92 Å². The highest BCUT2D eigenvalue weighted by Crippen LogP contribution is 2.13. The van der Waals surface area contributed by atoms with Crippen LogP contribution in [0.3, 0.4) is 0 Å². The summed E-state index contributed by atoms with van der Waals surface area (Å²) in [4.78, 5) is 17.7. The molecule has 27 heavy (non-hydrogen) atoms. The highest BCUT2D eigenvalue weighted by Gasteiger charge is 2.07. The van der Waals surface area contributed by atoms with Crippen molar-refractivity contribution in [2.75, 3.05) is 33.8 Å². The van der Waals surface area contributed by atoms with E-state index in [0.29, 0.717) is 24.6 Å². The van der Waals surface area contributed by atoms with Gasteiger partial charge in [-0.3, -0.25) is 9.79 Å². The van der Waals surface area contributed by atoms with Crippen LogP contribution in [0.1, 0.15) is 22.2 Å². The van der Waals surface area contributed by atoms with Gasteiger partial charge >= 0.3 is 0 Å². The van der Waals surface area contributed by atoms with E-state index >= 15 is 0 Å². The van der Waals surface area contributed by atoms with E-state index in [0.717, 1.165) is 24.7 Å². The Balaban J connectivity index is 1.64. The highest BCUT2D eigenvalue weighted by atomic mass is 32.1. The van der Waals surface area contributed by atoms with Crippen molar-refractivity contribution in [2.45, 2.75) is 13.3 Å². The van der Waals surface area contributed by atoms with Gasteiger partial charge in [0.2, 0.25) is 0 Å². The zero-order chi connectivity index (χ0) is 19.5. The minimum atomic E-state index is -0.105. The van der Waals surface area contributed by atoms with E-state index in [-0.39, 0.29) is 5.91 Å². The molecule has 0 aliphatic rings. The third-order valence-corrected chi connectivity index (χ3v) is 4.93. The Morgan fingerprint density at radius 3 is 2.52 bits per heavy atom. The van der Waals surface area contributed by atoms with Crippen molar-refractivity contribution in [3.63, 3.8) is 0 Å². The number of ether oxygens (including phenoxy) is 1. The lowest BCUT2D eigenvalue weighted by molar-refractivity contribution is 0.0954. The molecular formula is C20H28N4O2S. The summed E-state index contributed by atoms with van der Waals surface area (Å²) >= 11 is 1.79. The number of carbonyl (C=O) groups excluding carboxylic acids is 1. The van der Waals surface area contributed by atoms with Crippen LogP contribution in [-0.4, -0.2) is 45.7 Å². The first kappa shape index (κ1) is 20.8. The first-order valence-electron chi connectivity index (χ1n) is 9.01. The minimum absolute atomic E-state index is 0.105. The summed E-state index contributed by atoms with van der Waals surface area (Å²) in [5.41, 5.74) is 0.612. The van der Waals surface area contributed by atoms with Gasteiger partial charge < -0.3 is 20.7 Å². The second kappa shape index (κ2) is 11.2. The molecule has 1 atom stereocenters. The normalized spacial score (nSPS) is 12.3. The maximum absolute atomic E-state index is 12.1. The van der Waals surface area contributed by atoms with Crippen molar-refractivity contribution in [3.05, 3.63) is 52.2 Å². The lowest BCUT2D eigenvalue weighted by Gasteiger charge is -2.16. The van der Waals surface area contributed by atoms with Crippen LogP contribution in [-0.2, 0) is 6.42 Å². The fourth-order valence-electron chi connectivity index (χ4n) is 2.54. The molecule has 1 heterocycles. The van der Waals surface area contributed by atoms with Gasteiger partial charge in [-0.1, -0.05) is 13.0 Å². The third-order valence-electron chi connectivity index (χ3n) is 4.03. The van der Waals surface area contributed by atoms with Gasteiger partial charge in [0, 0.05) is 37.1 Å². The molecule has 0 bridgehead atoms. The average Bonchev–Trinajstić information content (AvgIpc) is 3.20. The Hall–Kier alpha value is -2.54. The topological polar surface area (TPSA) is 74.8 Å². The molecular weight excluding hydrogens is 360 g/mol. The van der Waals surface area contributed by atoms with Crippen molar-refractivity contribution in [1.82, 2.24) is 16.0 Å². The first-order valence-corrected chi connectivity index (χ1v) is 9.89. The number of methoxy groups -OCH3 is 1. The van der Waals surface area contributed by atoms with Crippen molar-refractivity contribution >= 4 is 23.2 Å². The number of hydrogen-bond donors (Lipinski definition) is 3. The maximum Gasteiger partial charge on any atom is 0.251 e. The summed E-state index contributed by atoms with van der Waals surface area (Å²) in [6, 6.07) is 11.3. The fraction of sp³-hybridized carbons (Fsp3) is 0.400. The molecule has 3 N–H and O–H groups in total. The van der Waals surface area contributed by atoms with Gasteiger partial charge in [-0.2, -0.15) is 0 Å². The van der Waals surface area contributed by atoms with Gasteiger partial charge in [-0.15, -0.1) is 11.3 Å². The van der Waals surface area contributed by atoms with E-state index in [2.05, 4.69) is 45.4 Å². The first-order chi connectivity index (χ1) is 13.1. The third kappa shape index (κ3) is 7.30. The van der Waals surface area contributed by atoms with Crippen LogP contribution in [0.2, 0.25) is 0 Å². The molecule has 0 fully saturated rings. The van der Waals surface area contributed by atoms with Crippen molar-refractivity contribution < 1.29 is 9.53 Å². The smallest absolute Gasteiger partial charge is 0.251 e. The number of thiophene rings is 1. The Morgan fingerprint density at radius 2 is 1.89 bits per heavy atom. The van der Waals surface area contributed by atoms with E-state index in [9.17, 15) is 4.79 Å². The van der Waals surface area contributed by atoms with Crippen molar-refractivity contribution in [1.29, 1.82) is 0 Å². The van der Waals surface area contributed by atoms with Crippen LogP contribution in [0.4, 0.5) is 0 Å². The molecule has 0 saturated heterocycles. The molecule has 7 heteroatoms. The molecule has 1 unspecified atom stereocenters. The second-order valence-corrected chi connectivity index (χ2v) is 7.29. The summed E-state index contributed by atoms with van der Waals surface area (Å²) in [5.74, 6) is 1.88. The molecule has 0 saturated carbocycles. The number of benzene rings is 1. The summed E-state index contributed by atoms with van der Waals surface area (Å²) in [6.07, 6.45) is 1.06. The molecule has 1 aromatic heterocycles. The SMILES string of the molecule is CN=C(NCCNC(=O)c1ccc(OC)cc1)NCC(C)Cc1cccs1. The number of carbonyl (C=O) groups is 1. The lowest BCUT2D eigenvalue weighted by atomic mass is 10.1. The molecule has 1 aromatic carbocycles. The minimum Gasteiger partial charge on any atom is -0.497 e. The van der Waals surface area contributed by atoms with Crippen LogP contribution in [0.15, 0.2) is 46.8 Å². The largest absolute Gasteiger partial charge is 0.497 e. The Labute approximate surface area is 165 Å². The fourth-order valence-corrected chi connectivity index (χ4v) is 3.41. The van der Waals surface area contributed by atoms with Crippen molar-refractivity contribution in [3.8, 4) is 5.75 Å². The Kier molecular flexibility index (Phi) is 8.64. The summed E-state index contributed by atoms with van der Waals surface area (Å²) < 4.78 is 5.09. The van der Waals surface area contributed by atoms with Crippen LogP contribution in [0.25, 0.3) is 0 Å². The average molecular weight is 389 g/mol. The monoisotopic (exact) mass is 388 g/mol. The Bertz CT molecular complexity index is 714. The molecule has 1 amide bonds. The van der Waals surface area contributed by atoms with Crippen molar-refractivity contribution in [2.24, 2.45) is 10.9 Å². The highest BCUT2D eigenvalue weighted by molar-refractivity contribution is 7.09. The van der Waals surface area contributed by atoms with Gasteiger partial charge in [0.15, 0.2) is 5.96 Å². The van der Waals surface area contributed by atoms with E-state index in [4.69, 9.17) is 4.74 Å². The van der Waals surface area contributed by atoms with Gasteiger partial charge in [-0.05, 0) is 48.1 Å².